The summed E-state index contributed by atoms with van der Waals surface area (Å²) in [5.74, 6) is 0.902. The minimum absolute atomic E-state index is 0.0659. The van der Waals surface area contributed by atoms with E-state index in [2.05, 4.69) is 57.0 Å². The summed E-state index contributed by atoms with van der Waals surface area (Å²) in [5, 5.41) is 0. The highest BCUT2D eigenvalue weighted by molar-refractivity contribution is 9.10. The minimum Gasteiger partial charge on any atom is -0.452 e. The van der Waals surface area contributed by atoms with Gasteiger partial charge in [0, 0.05) is 26.7 Å². The molecule has 1 aliphatic heterocycles. The number of hydrogen-bond acceptors (Lipinski definition) is 4. The fraction of sp³-hybridized carbons (Fsp3) is 0.333. The summed E-state index contributed by atoms with van der Waals surface area (Å²) in [6.07, 6.45) is 0. The molecule has 20 heavy (non-hydrogen) atoms. The van der Waals surface area contributed by atoms with E-state index in [1.807, 2.05) is 12.1 Å². The lowest BCUT2D eigenvalue weighted by atomic mass is 10.1. The quantitative estimate of drug-likeness (QED) is 0.936. The van der Waals surface area contributed by atoms with Gasteiger partial charge in [0.1, 0.15) is 5.76 Å². The van der Waals surface area contributed by atoms with Crippen molar-refractivity contribution in [1.29, 1.82) is 0 Å². The van der Waals surface area contributed by atoms with Gasteiger partial charge in [0.25, 0.3) is 0 Å². The number of hydrogen-bond donors (Lipinski definition) is 1. The molecule has 1 unspecified atom stereocenters. The molecular formula is C15H18BrN3O. The van der Waals surface area contributed by atoms with Crippen molar-refractivity contribution in [3.63, 3.8) is 0 Å². The molecule has 0 fully saturated rings. The van der Waals surface area contributed by atoms with E-state index < -0.39 is 0 Å². The lowest BCUT2D eigenvalue weighted by molar-refractivity contribution is 0.434. The van der Waals surface area contributed by atoms with E-state index in [1.165, 1.54) is 11.4 Å². The first kappa shape index (κ1) is 13.5. The zero-order chi connectivity index (χ0) is 14.1. The van der Waals surface area contributed by atoms with Crippen molar-refractivity contribution < 1.29 is 4.42 Å². The summed E-state index contributed by atoms with van der Waals surface area (Å²) in [5.41, 5.74) is 8.46. The molecule has 3 rings (SSSR count). The number of rotatable bonds is 3. The molecule has 5 heteroatoms. The number of nitrogens with zero attached hydrogens (tertiary/aromatic N) is 2. The Hall–Kier alpha value is -1.46. The van der Waals surface area contributed by atoms with Gasteiger partial charge in [-0.15, -0.1) is 0 Å². The smallest absolute Gasteiger partial charge is 0.169 e. The van der Waals surface area contributed by atoms with Crippen LogP contribution in [0.3, 0.4) is 0 Å². The van der Waals surface area contributed by atoms with Gasteiger partial charge in [0.05, 0.1) is 17.4 Å². The largest absolute Gasteiger partial charge is 0.452 e. The van der Waals surface area contributed by atoms with Crippen molar-refractivity contribution in [2.24, 2.45) is 5.73 Å². The highest BCUT2D eigenvalue weighted by Gasteiger charge is 2.28. The Balaban J connectivity index is 1.99. The normalized spacial score (nSPS) is 16.1. The molecular weight excluding hydrogens is 318 g/mol. The fourth-order valence-corrected chi connectivity index (χ4v) is 3.08. The van der Waals surface area contributed by atoms with Gasteiger partial charge in [-0.05, 0) is 40.2 Å². The van der Waals surface area contributed by atoms with E-state index in [0.717, 1.165) is 23.5 Å². The van der Waals surface area contributed by atoms with Gasteiger partial charge in [0.15, 0.2) is 4.67 Å². The number of halogens is 1. The molecule has 106 valence electrons. The molecule has 0 saturated heterocycles. The molecule has 0 spiro atoms. The van der Waals surface area contributed by atoms with Crippen LogP contribution >= 0.6 is 15.9 Å². The van der Waals surface area contributed by atoms with Crippen LogP contribution in [0, 0.1) is 0 Å². The number of fused-ring (bicyclic) bond motifs is 1. The second-order valence-corrected chi connectivity index (χ2v) is 5.78. The van der Waals surface area contributed by atoms with Crippen LogP contribution in [0.2, 0.25) is 0 Å². The maximum absolute atomic E-state index is 6.01. The van der Waals surface area contributed by atoms with Gasteiger partial charge in [-0.1, -0.05) is 12.1 Å². The number of furan rings is 1. The van der Waals surface area contributed by atoms with E-state index in [9.17, 15) is 0 Å². The molecule has 4 nitrogen and oxygen atoms in total. The number of likely N-dealkylation sites (N-methyl/N-ethyl adjacent to an activating group) is 1. The molecule has 1 aromatic carbocycles. The summed E-state index contributed by atoms with van der Waals surface area (Å²) in [7, 11) is 2.12. The molecule has 0 aliphatic carbocycles. The van der Waals surface area contributed by atoms with Crippen LogP contribution in [0.1, 0.15) is 11.8 Å². The summed E-state index contributed by atoms with van der Waals surface area (Å²) in [6, 6.07) is 12.4. The number of benzene rings is 1. The second kappa shape index (κ2) is 5.50. The Bertz CT molecular complexity index is 598. The molecule has 0 radical (unpaired) electrons. The molecule has 1 atom stereocenters. The minimum atomic E-state index is 0.0659. The van der Waals surface area contributed by atoms with E-state index in [4.69, 9.17) is 10.2 Å². The molecule has 1 aromatic heterocycles. The number of anilines is 2. The molecule has 2 heterocycles. The first-order valence-corrected chi connectivity index (χ1v) is 7.52. The summed E-state index contributed by atoms with van der Waals surface area (Å²) in [4.78, 5) is 4.61. The van der Waals surface area contributed by atoms with Crippen LogP contribution in [0.15, 0.2) is 45.5 Å². The lowest BCUT2D eigenvalue weighted by Gasteiger charge is -2.40. The van der Waals surface area contributed by atoms with Crippen molar-refractivity contribution in [3.05, 3.63) is 46.8 Å². The molecule has 0 bridgehead atoms. The van der Waals surface area contributed by atoms with E-state index in [1.54, 1.807) is 0 Å². The topological polar surface area (TPSA) is 45.6 Å². The van der Waals surface area contributed by atoms with E-state index in [-0.39, 0.29) is 6.04 Å². The predicted octanol–water partition coefficient (Wildman–Crippen LogP) is 3.00. The Morgan fingerprint density at radius 1 is 1.20 bits per heavy atom. The number of para-hydroxylation sites is 2. The van der Waals surface area contributed by atoms with Crippen molar-refractivity contribution >= 4 is 27.3 Å². The summed E-state index contributed by atoms with van der Waals surface area (Å²) < 4.78 is 6.46. The Morgan fingerprint density at radius 2 is 1.95 bits per heavy atom. The van der Waals surface area contributed by atoms with Crippen molar-refractivity contribution in [2.75, 3.05) is 36.5 Å². The van der Waals surface area contributed by atoms with Gasteiger partial charge in [-0.2, -0.15) is 0 Å². The average Bonchev–Trinajstić information content (AvgIpc) is 2.89. The first-order chi connectivity index (χ1) is 9.70. The molecule has 2 aromatic rings. The zero-order valence-electron chi connectivity index (χ0n) is 11.4. The standard InChI is InChI=1S/C15H18BrN3O/c1-18-8-9-19(12-5-3-2-4-11(12)18)13(10-17)14-6-7-15(16)20-14/h2-7,13H,8-10,17H2,1H3. The van der Waals surface area contributed by atoms with Gasteiger partial charge in [-0.25, -0.2) is 0 Å². The van der Waals surface area contributed by atoms with Gasteiger partial charge in [-0.3, -0.25) is 0 Å². The molecule has 0 saturated carbocycles. The predicted molar refractivity (Wildman–Crippen MR) is 85.3 cm³/mol. The van der Waals surface area contributed by atoms with Crippen LogP contribution in [0.4, 0.5) is 11.4 Å². The van der Waals surface area contributed by atoms with Crippen LogP contribution in [-0.2, 0) is 0 Å². The Labute approximate surface area is 127 Å². The highest BCUT2D eigenvalue weighted by Crippen LogP contribution is 2.37. The average molecular weight is 336 g/mol. The SMILES string of the molecule is CN1CCN(C(CN)c2ccc(Br)o2)c2ccccc21. The van der Waals surface area contributed by atoms with Crippen molar-refractivity contribution in [2.45, 2.75) is 6.04 Å². The van der Waals surface area contributed by atoms with Gasteiger partial charge >= 0.3 is 0 Å². The van der Waals surface area contributed by atoms with Gasteiger partial charge in [0.2, 0.25) is 0 Å². The monoisotopic (exact) mass is 335 g/mol. The van der Waals surface area contributed by atoms with E-state index in [0.29, 0.717) is 6.54 Å². The highest BCUT2D eigenvalue weighted by atomic mass is 79.9. The first-order valence-electron chi connectivity index (χ1n) is 6.73. The second-order valence-electron chi connectivity index (χ2n) is 5.00. The van der Waals surface area contributed by atoms with Crippen LogP contribution in [0.25, 0.3) is 0 Å². The molecule has 2 N–H and O–H groups in total. The zero-order valence-corrected chi connectivity index (χ0v) is 13.0. The third kappa shape index (κ3) is 2.31. The Kier molecular flexibility index (Phi) is 3.72. The molecule has 1 aliphatic rings. The number of nitrogens with two attached hydrogens (primary N) is 1. The van der Waals surface area contributed by atoms with Crippen LogP contribution in [-0.4, -0.2) is 26.7 Å². The maximum Gasteiger partial charge on any atom is 0.169 e. The third-order valence-corrected chi connectivity index (χ3v) is 4.23. The van der Waals surface area contributed by atoms with Crippen LogP contribution in [0.5, 0.6) is 0 Å². The third-order valence-electron chi connectivity index (χ3n) is 3.80. The summed E-state index contributed by atoms with van der Waals surface area (Å²) in [6.45, 7) is 2.45. The maximum atomic E-state index is 6.01. The Morgan fingerprint density at radius 3 is 2.60 bits per heavy atom. The van der Waals surface area contributed by atoms with E-state index >= 15 is 0 Å². The van der Waals surface area contributed by atoms with Gasteiger partial charge < -0.3 is 20.0 Å². The van der Waals surface area contributed by atoms with Crippen LogP contribution < -0.4 is 15.5 Å². The van der Waals surface area contributed by atoms with Crippen molar-refractivity contribution in [1.82, 2.24) is 0 Å². The van der Waals surface area contributed by atoms with Crippen molar-refractivity contribution in [3.8, 4) is 0 Å². The molecule has 0 amide bonds. The summed E-state index contributed by atoms with van der Waals surface area (Å²) >= 11 is 3.36. The lowest BCUT2D eigenvalue weighted by Crippen LogP contribution is -2.43. The fourth-order valence-electron chi connectivity index (χ4n) is 2.76.